The SMILES string of the molecule is CCCC(C)C(Br)c1ccc(C(C)C)cc1C(C)C. The Labute approximate surface area is 128 Å². The van der Waals surface area contributed by atoms with Gasteiger partial charge in [0.05, 0.1) is 0 Å². The molecule has 1 aromatic carbocycles. The Morgan fingerprint density at radius 1 is 0.947 bits per heavy atom. The quantitative estimate of drug-likeness (QED) is 0.504. The highest BCUT2D eigenvalue weighted by atomic mass is 79.9. The Kier molecular flexibility index (Phi) is 6.59. The lowest BCUT2D eigenvalue weighted by molar-refractivity contribution is 0.515. The number of alkyl halides is 1. The van der Waals surface area contributed by atoms with Gasteiger partial charge in [0, 0.05) is 4.83 Å². The molecule has 0 amide bonds. The minimum absolute atomic E-state index is 0.478. The molecule has 0 heterocycles. The maximum absolute atomic E-state index is 3.93. The van der Waals surface area contributed by atoms with Crippen molar-refractivity contribution in [3.63, 3.8) is 0 Å². The predicted octanol–water partition coefficient (Wildman–Crippen LogP) is 6.81. The average Bonchev–Trinajstić information content (AvgIpc) is 2.37. The second-order valence-corrected chi connectivity index (χ2v) is 7.35. The summed E-state index contributed by atoms with van der Waals surface area (Å²) in [6.07, 6.45) is 2.53. The lowest BCUT2D eigenvalue weighted by Crippen LogP contribution is -2.08. The summed E-state index contributed by atoms with van der Waals surface area (Å²) in [6, 6.07) is 7.06. The zero-order valence-electron chi connectivity index (χ0n) is 13.3. The Morgan fingerprint density at radius 3 is 2.05 bits per heavy atom. The van der Waals surface area contributed by atoms with Crippen LogP contribution >= 0.6 is 15.9 Å². The van der Waals surface area contributed by atoms with Crippen molar-refractivity contribution in [2.24, 2.45) is 5.92 Å². The largest absolute Gasteiger partial charge is 0.0836 e. The van der Waals surface area contributed by atoms with E-state index in [0.717, 1.165) is 0 Å². The third kappa shape index (κ3) is 4.34. The Hall–Kier alpha value is -0.300. The van der Waals surface area contributed by atoms with Crippen LogP contribution in [0, 0.1) is 5.92 Å². The van der Waals surface area contributed by atoms with E-state index < -0.39 is 0 Å². The fourth-order valence-corrected chi connectivity index (χ4v) is 3.29. The zero-order valence-corrected chi connectivity index (χ0v) is 14.9. The van der Waals surface area contributed by atoms with Crippen LogP contribution in [0.25, 0.3) is 0 Å². The standard InChI is InChI=1S/C18H29Br/c1-7-8-14(6)18(19)16-10-9-15(12(2)3)11-17(16)13(4)5/h9-14,18H,7-8H2,1-6H3. The molecule has 0 aliphatic rings. The monoisotopic (exact) mass is 324 g/mol. The number of hydrogen-bond acceptors (Lipinski definition) is 0. The lowest BCUT2D eigenvalue weighted by atomic mass is 9.87. The molecule has 0 bridgehead atoms. The lowest BCUT2D eigenvalue weighted by Gasteiger charge is -2.24. The van der Waals surface area contributed by atoms with Crippen molar-refractivity contribution < 1.29 is 0 Å². The van der Waals surface area contributed by atoms with Crippen molar-refractivity contribution in [2.45, 2.75) is 71.0 Å². The van der Waals surface area contributed by atoms with Gasteiger partial charge in [-0.25, -0.2) is 0 Å². The second kappa shape index (κ2) is 7.47. The highest BCUT2D eigenvalue weighted by Gasteiger charge is 2.20. The van der Waals surface area contributed by atoms with Crippen LogP contribution in [0.15, 0.2) is 18.2 Å². The molecule has 1 rings (SSSR count). The molecular weight excluding hydrogens is 296 g/mol. The molecule has 2 atom stereocenters. The van der Waals surface area contributed by atoms with Crippen molar-refractivity contribution in [3.05, 3.63) is 34.9 Å². The summed E-state index contributed by atoms with van der Waals surface area (Å²) in [7, 11) is 0. The van der Waals surface area contributed by atoms with Gasteiger partial charge < -0.3 is 0 Å². The molecule has 0 spiro atoms. The first-order chi connectivity index (χ1) is 8.88. The van der Waals surface area contributed by atoms with Crippen molar-refractivity contribution in [1.29, 1.82) is 0 Å². The van der Waals surface area contributed by atoms with Crippen molar-refractivity contribution in [2.75, 3.05) is 0 Å². The van der Waals surface area contributed by atoms with Crippen LogP contribution in [0.1, 0.15) is 87.7 Å². The van der Waals surface area contributed by atoms with Gasteiger partial charge in [-0.3, -0.25) is 0 Å². The Morgan fingerprint density at radius 2 is 1.58 bits per heavy atom. The summed E-state index contributed by atoms with van der Waals surface area (Å²) in [5, 5.41) is 0. The molecule has 0 aliphatic heterocycles. The predicted molar refractivity (Wildman–Crippen MR) is 90.4 cm³/mol. The third-order valence-electron chi connectivity index (χ3n) is 3.94. The first kappa shape index (κ1) is 16.8. The minimum Gasteiger partial charge on any atom is -0.0836 e. The fourth-order valence-electron chi connectivity index (χ4n) is 2.61. The minimum atomic E-state index is 0.478. The van der Waals surface area contributed by atoms with Gasteiger partial charge in [0.1, 0.15) is 0 Å². The maximum atomic E-state index is 3.93. The summed E-state index contributed by atoms with van der Waals surface area (Å²) in [6.45, 7) is 13.7. The molecule has 108 valence electrons. The van der Waals surface area contributed by atoms with E-state index in [1.165, 1.54) is 29.5 Å². The average molecular weight is 325 g/mol. The summed E-state index contributed by atoms with van der Waals surface area (Å²) in [4.78, 5) is 0.478. The van der Waals surface area contributed by atoms with E-state index in [1.807, 2.05) is 0 Å². The molecule has 0 radical (unpaired) electrons. The number of benzene rings is 1. The van der Waals surface area contributed by atoms with Crippen LogP contribution in [0.5, 0.6) is 0 Å². The normalized spacial score (nSPS) is 15.0. The van der Waals surface area contributed by atoms with Gasteiger partial charge in [-0.15, -0.1) is 0 Å². The molecular formula is C18H29Br. The summed E-state index contributed by atoms with van der Waals surface area (Å²) >= 11 is 3.93. The second-order valence-electron chi connectivity index (χ2n) is 6.37. The maximum Gasteiger partial charge on any atom is 0.0423 e. The number of halogens is 1. The molecule has 19 heavy (non-hydrogen) atoms. The third-order valence-corrected chi connectivity index (χ3v) is 5.34. The molecule has 0 nitrogen and oxygen atoms in total. The van der Waals surface area contributed by atoms with Crippen LogP contribution in [0.3, 0.4) is 0 Å². The number of rotatable bonds is 6. The molecule has 0 saturated heterocycles. The molecule has 0 saturated carbocycles. The topological polar surface area (TPSA) is 0 Å². The van der Waals surface area contributed by atoms with Crippen molar-refractivity contribution in [3.8, 4) is 0 Å². The number of hydrogen-bond donors (Lipinski definition) is 0. The fraction of sp³-hybridized carbons (Fsp3) is 0.667. The summed E-state index contributed by atoms with van der Waals surface area (Å²) < 4.78 is 0. The van der Waals surface area contributed by atoms with Crippen LogP contribution < -0.4 is 0 Å². The van der Waals surface area contributed by atoms with Gasteiger partial charge in [0.25, 0.3) is 0 Å². The first-order valence-corrected chi connectivity index (χ1v) is 8.57. The molecule has 1 aromatic rings. The molecule has 0 aromatic heterocycles. The van der Waals surface area contributed by atoms with E-state index in [4.69, 9.17) is 0 Å². The van der Waals surface area contributed by atoms with E-state index in [9.17, 15) is 0 Å². The van der Waals surface area contributed by atoms with Gasteiger partial charge in [0.15, 0.2) is 0 Å². The Balaban J connectivity index is 3.12. The molecule has 1 heteroatoms. The molecule has 0 aliphatic carbocycles. The van der Waals surface area contributed by atoms with Crippen molar-refractivity contribution >= 4 is 15.9 Å². The van der Waals surface area contributed by atoms with Gasteiger partial charge in [-0.1, -0.05) is 82.1 Å². The van der Waals surface area contributed by atoms with E-state index in [0.29, 0.717) is 22.6 Å². The van der Waals surface area contributed by atoms with Crippen LogP contribution in [0.2, 0.25) is 0 Å². The first-order valence-electron chi connectivity index (χ1n) is 7.66. The van der Waals surface area contributed by atoms with Crippen LogP contribution in [-0.2, 0) is 0 Å². The summed E-state index contributed by atoms with van der Waals surface area (Å²) in [5.41, 5.74) is 4.45. The Bertz CT molecular complexity index is 393. The van der Waals surface area contributed by atoms with Crippen LogP contribution in [-0.4, -0.2) is 0 Å². The summed E-state index contributed by atoms with van der Waals surface area (Å²) in [5.74, 6) is 1.88. The van der Waals surface area contributed by atoms with Gasteiger partial charge in [0.2, 0.25) is 0 Å². The van der Waals surface area contributed by atoms with Gasteiger partial charge in [-0.2, -0.15) is 0 Å². The highest BCUT2D eigenvalue weighted by molar-refractivity contribution is 9.09. The highest BCUT2D eigenvalue weighted by Crippen LogP contribution is 2.38. The molecule has 2 unspecified atom stereocenters. The van der Waals surface area contributed by atoms with Gasteiger partial charge >= 0.3 is 0 Å². The van der Waals surface area contributed by atoms with E-state index >= 15 is 0 Å². The van der Waals surface area contributed by atoms with Crippen LogP contribution in [0.4, 0.5) is 0 Å². The zero-order chi connectivity index (χ0) is 14.6. The van der Waals surface area contributed by atoms with Crippen molar-refractivity contribution in [1.82, 2.24) is 0 Å². The smallest absolute Gasteiger partial charge is 0.0423 e. The molecule has 0 fully saturated rings. The van der Waals surface area contributed by atoms with Gasteiger partial charge in [-0.05, 0) is 40.9 Å². The van der Waals surface area contributed by atoms with E-state index in [-0.39, 0.29) is 0 Å². The van der Waals surface area contributed by atoms with E-state index in [2.05, 4.69) is 75.7 Å². The molecule has 0 N–H and O–H groups in total. The van der Waals surface area contributed by atoms with E-state index in [1.54, 1.807) is 0 Å².